The molecule has 24 rings (SSSR count). The van der Waals surface area contributed by atoms with Crippen LogP contribution < -0.4 is 65.0 Å². The fourth-order valence-corrected chi connectivity index (χ4v) is 18.0. The third-order valence-electron chi connectivity index (χ3n) is 23.0. The maximum Gasteiger partial charge on any atom is 0.338 e. The first-order valence-electron chi connectivity index (χ1n) is 38.0. The normalized spacial score (nSPS) is 13.5. The predicted molar refractivity (Wildman–Crippen MR) is 458 cm³/mol. The second-order valence-electron chi connectivity index (χ2n) is 29.6. The van der Waals surface area contributed by atoms with E-state index in [1.807, 2.05) is 84.9 Å². The molecule has 0 atom stereocenters. The van der Waals surface area contributed by atoms with Crippen molar-refractivity contribution in [2.45, 2.75) is 19.3 Å². The van der Waals surface area contributed by atoms with Crippen molar-refractivity contribution in [3.05, 3.63) is 375 Å². The maximum atomic E-state index is 6.74. The van der Waals surface area contributed by atoms with Crippen LogP contribution in [0.3, 0.4) is 0 Å². The zero-order valence-corrected chi connectivity index (χ0v) is 60.7. The average molecular weight is 1430 g/mol. The highest BCUT2D eigenvalue weighted by molar-refractivity contribution is 6.98. The zero-order chi connectivity index (χ0) is 73.4. The van der Waals surface area contributed by atoms with Gasteiger partial charge in [0.25, 0.3) is 0 Å². The molecule has 0 unspecified atom stereocenters. The molecule has 9 heterocycles. The van der Waals surface area contributed by atoms with Gasteiger partial charge in [0.05, 0.1) is 34.1 Å². The Hall–Kier alpha value is -14.1. The number of hydrogen-bond donors (Lipinski definition) is 0. The van der Waals surface area contributed by atoms with Crippen LogP contribution in [-0.2, 0) is 5.41 Å². The minimum Gasteiger partial charge on any atom is -0.468 e. The van der Waals surface area contributed by atoms with E-state index < -0.39 is 0 Å². The largest absolute Gasteiger partial charge is 0.468 e. The van der Waals surface area contributed by atoms with Gasteiger partial charge in [-0.2, -0.15) is 0 Å². The molecule has 0 bridgehead atoms. The molecule has 0 fully saturated rings. The molecular weight excluding hydrogens is 1360 g/mol. The third kappa shape index (κ3) is 10.1. The van der Waals surface area contributed by atoms with Gasteiger partial charge in [-0.25, -0.2) is 0 Å². The molecule has 6 aromatic heterocycles. The highest BCUT2D eigenvalue weighted by Gasteiger charge is 2.48. The molecule has 0 spiro atoms. The fourth-order valence-electron chi connectivity index (χ4n) is 18.0. The number of rotatable bonds is 7. The highest BCUT2D eigenvalue weighted by Crippen LogP contribution is 2.53. The molecule has 3 aliphatic heterocycles. The van der Waals surface area contributed by atoms with Gasteiger partial charge < -0.3 is 41.2 Å². The van der Waals surface area contributed by atoms with Crippen LogP contribution in [0.1, 0.15) is 25.0 Å². The Balaban J connectivity index is 0.000000103. The van der Waals surface area contributed by atoms with E-state index in [9.17, 15) is 0 Å². The Kier molecular flexibility index (Phi) is 14.8. The van der Waals surface area contributed by atoms with Gasteiger partial charge in [0.1, 0.15) is 67.5 Å². The van der Waals surface area contributed by atoms with Crippen LogP contribution in [0.25, 0.3) is 88.1 Å². The molecule has 0 saturated carbocycles. The molecule has 1 aliphatic carbocycles. The van der Waals surface area contributed by atoms with Crippen molar-refractivity contribution in [3.63, 3.8) is 0 Å². The molecular formula is C99H66B3N3O6. The molecule has 14 aromatic carbocycles. The van der Waals surface area contributed by atoms with Crippen molar-refractivity contribution < 1.29 is 26.5 Å². The minimum absolute atomic E-state index is 0.104. The Morgan fingerprint density at radius 3 is 0.820 bits per heavy atom. The number of nitrogens with zero attached hydrogens (tertiary/aromatic N) is 3. The van der Waals surface area contributed by atoms with Crippen molar-refractivity contribution >= 4 is 187 Å². The summed E-state index contributed by atoms with van der Waals surface area (Å²) in [4.78, 5) is 7.03. The van der Waals surface area contributed by atoms with E-state index in [-0.39, 0.29) is 25.6 Å². The number of hydrogen-bond acceptors (Lipinski definition) is 9. The quantitative estimate of drug-likeness (QED) is 0.145. The van der Waals surface area contributed by atoms with Crippen LogP contribution in [-0.4, -0.2) is 20.1 Å². The third-order valence-corrected chi connectivity index (χ3v) is 23.0. The number of para-hydroxylation sites is 7. The summed E-state index contributed by atoms with van der Waals surface area (Å²) in [5.41, 5.74) is 31.5. The average Bonchev–Trinajstić information content (AvgIpc) is 1.57. The van der Waals surface area contributed by atoms with E-state index in [1.54, 1.807) is 0 Å². The maximum absolute atomic E-state index is 6.74. The van der Waals surface area contributed by atoms with Crippen LogP contribution in [0.5, 0.6) is 0 Å². The van der Waals surface area contributed by atoms with Crippen molar-refractivity contribution in [2.24, 2.45) is 0 Å². The van der Waals surface area contributed by atoms with E-state index >= 15 is 0 Å². The Morgan fingerprint density at radius 2 is 0.468 bits per heavy atom. The van der Waals surface area contributed by atoms with Crippen LogP contribution in [0.4, 0.5) is 51.2 Å². The van der Waals surface area contributed by atoms with E-state index in [0.717, 1.165) is 167 Å². The molecule has 0 amide bonds. The minimum atomic E-state index is -0.160. The summed E-state index contributed by atoms with van der Waals surface area (Å²) in [5, 5.41) is 6.58. The lowest BCUT2D eigenvalue weighted by Gasteiger charge is -2.32. The highest BCUT2D eigenvalue weighted by atomic mass is 16.4. The van der Waals surface area contributed by atoms with E-state index in [4.69, 9.17) is 26.5 Å². The van der Waals surface area contributed by atoms with E-state index in [2.05, 4.69) is 308 Å². The van der Waals surface area contributed by atoms with Crippen molar-refractivity contribution in [3.8, 4) is 22.3 Å². The topological polar surface area (TPSA) is 88.6 Å². The first-order chi connectivity index (χ1) is 54.9. The first kappa shape index (κ1) is 64.1. The summed E-state index contributed by atoms with van der Waals surface area (Å²) in [6.07, 6.45) is 0. The molecule has 522 valence electrons. The monoisotopic (exact) mass is 1430 g/mol. The summed E-state index contributed by atoms with van der Waals surface area (Å²) in [7, 11) is 0. The van der Waals surface area contributed by atoms with Gasteiger partial charge >= 0.3 is 20.1 Å². The molecule has 0 radical (unpaired) electrons. The Bertz CT molecular complexity index is 6740. The molecule has 111 heavy (non-hydrogen) atoms. The SMILES string of the molecule is CC1(C)c2ccccc2-c2ccc(N3c4c(oc5ccccc45)B(c4ccccc4)c4oc5ccccc5c43)cc21.c1ccc(B2c3oc4ccccc4c3N(c3ccc(-c4ccccc4)cc3)c3c2oc2ccccc32)cc1.c1ccc(B2c3oc4ccccc4c3N(c3ccccc3)c3c2oc2ccccc32)cc1. The number of fused-ring (bicyclic) bond motifs is 21. The van der Waals surface area contributed by atoms with Crippen LogP contribution in [0.15, 0.2) is 390 Å². The van der Waals surface area contributed by atoms with Gasteiger partial charge in [0.15, 0.2) is 0 Å². The van der Waals surface area contributed by atoms with Gasteiger partial charge in [-0.05, 0) is 143 Å². The molecule has 4 aliphatic rings. The number of benzene rings is 14. The van der Waals surface area contributed by atoms with Gasteiger partial charge in [-0.15, -0.1) is 0 Å². The lowest BCUT2D eigenvalue weighted by atomic mass is 9.39. The standard InChI is InChI=1S/C37H26BNO2.C34H22BNO2.C28H18BNO2/c1-37(2)29-17-9-6-14-25(29)26-21-20-24(22-30(26)37)39-33-27-15-7-10-18-31(27)40-35(33)38(23-12-4-3-5-13-23)36-34(39)28-16-8-11-19-32(28)41-36;1-3-11-23(12-4-1)24-19-21-26(22-20-24)36-31-27-15-7-9-17-29(27)37-33(31)35(25-13-5-2-6-14-25)34-32(36)28-16-8-10-18-30(28)38-34;1-3-11-19(12-4-1)29-27-25(21-15-7-9-17-23(21)31-27)30(20-13-5-2-6-14-20)26-22-16-8-10-18-24(22)32-28(26)29/h3-22H,1-2H3;1-22H;1-18H. The lowest BCUT2D eigenvalue weighted by Crippen LogP contribution is -2.56. The van der Waals surface area contributed by atoms with E-state index in [0.29, 0.717) is 0 Å². The van der Waals surface area contributed by atoms with Crippen LogP contribution in [0, 0.1) is 0 Å². The predicted octanol–water partition coefficient (Wildman–Crippen LogP) is 20.4. The number of furan rings is 6. The summed E-state index contributed by atoms with van der Waals surface area (Å²) in [6, 6.07) is 127. The van der Waals surface area contributed by atoms with Gasteiger partial charge in [-0.3, -0.25) is 0 Å². The van der Waals surface area contributed by atoms with Gasteiger partial charge in [0.2, 0.25) is 0 Å². The lowest BCUT2D eigenvalue weighted by molar-refractivity contribution is 0.635. The summed E-state index contributed by atoms with van der Waals surface area (Å²) in [6.45, 7) is 4.23. The zero-order valence-electron chi connectivity index (χ0n) is 60.7. The Morgan fingerprint density at radius 1 is 0.216 bits per heavy atom. The van der Waals surface area contributed by atoms with Crippen LogP contribution in [0.2, 0.25) is 0 Å². The molecule has 0 saturated heterocycles. The first-order valence-corrected chi connectivity index (χ1v) is 38.0. The summed E-state index contributed by atoms with van der Waals surface area (Å²) < 4.78 is 39.9. The smallest absolute Gasteiger partial charge is 0.338 e. The second-order valence-corrected chi connectivity index (χ2v) is 29.6. The van der Waals surface area contributed by atoms with Crippen LogP contribution >= 0.6 is 0 Å². The molecule has 0 N–H and O–H groups in total. The van der Waals surface area contributed by atoms with Gasteiger partial charge in [0, 0.05) is 54.8 Å². The molecule has 9 nitrogen and oxygen atoms in total. The van der Waals surface area contributed by atoms with Crippen molar-refractivity contribution in [2.75, 3.05) is 14.7 Å². The molecule has 12 heteroatoms. The Labute approximate surface area is 641 Å². The van der Waals surface area contributed by atoms with Crippen molar-refractivity contribution in [1.29, 1.82) is 0 Å². The second kappa shape index (κ2) is 25.5. The number of anilines is 9. The summed E-state index contributed by atoms with van der Waals surface area (Å²) in [5.74, 6) is 0. The fraction of sp³-hybridized carbons (Fsp3) is 0.0303. The molecule has 20 aromatic rings. The van der Waals surface area contributed by atoms with E-state index in [1.165, 1.54) is 33.4 Å². The van der Waals surface area contributed by atoms with Crippen molar-refractivity contribution in [1.82, 2.24) is 0 Å². The summed E-state index contributed by atoms with van der Waals surface area (Å²) >= 11 is 0. The van der Waals surface area contributed by atoms with Gasteiger partial charge in [-0.1, -0.05) is 285 Å².